The van der Waals surface area contributed by atoms with Crippen LogP contribution in [0.15, 0.2) is 18.5 Å². The van der Waals surface area contributed by atoms with Crippen LogP contribution in [-0.4, -0.2) is 31.5 Å². The Bertz CT molecular complexity index is 491. The molecule has 108 valence electrons. The van der Waals surface area contributed by atoms with Crippen LogP contribution in [0.4, 0.5) is 4.39 Å². The highest BCUT2D eigenvalue weighted by Gasteiger charge is 2.16. The fourth-order valence-electron chi connectivity index (χ4n) is 1.93. The van der Waals surface area contributed by atoms with Crippen molar-refractivity contribution < 1.29 is 12.8 Å². The maximum absolute atomic E-state index is 13.7. The van der Waals surface area contributed by atoms with E-state index in [0.29, 0.717) is 24.9 Å². The Morgan fingerprint density at radius 2 is 2.16 bits per heavy atom. The number of sulfone groups is 1. The van der Waals surface area contributed by atoms with Crippen LogP contribution in [0.3, 0.4) is 0 Å². The summed E-state index contributed by atoms with van der Waals surface area (Å²) in [5, 5.41) is 3.18. The van der Waals surface area contributed by atoms with Crippen molar-refractivity contribution in [3.05, 3.63) is 29.8 Å². The van der Waals surface area contributed by atoms with Crippen LogP contribution in [0.5, 0.6) is 0 Å². The lowest BCUT2D eigenvalue weighted by Gasteiger charge is -2.18. The van der Waals surface area contributed by atoms with Gasteiger partial charge < -0.3 is 5.32 Å². The van der Waals surface area contributed by atoms with Gasteiger partial charge in [-0.3, -0.25) is 4.98 Å². The summed E-state index contributed by atoms with van der Waals surface area (Å²) in [6.07, 6.45) is 3.84. The first-order chi connectivity index (χ1) is 9.00. The first-order valence-corrected chi connectivity index (χ1v) is 8.35. The van der Waals surface area contributed by atoms with E-state index >= 15 is 0 Å². The number of hydrogen-bond donors (Lipinski definition) is 1. The maximum Gasteiger partial charge on any atom is 0.150 e. The van der Waals surface area contributed by atoms with E-state index in [1.807, 2.05) is 6.92 Å². The normalized spacial score (nSPS) is 13.4. The lowest BCUT2D eigenvalue weighted by molar-refractivity contribution is 0.478. The number of nitrogens with one attached hydrogen (secondary N) is 1. The van der Waals surface area contributed by atoms with E-state index < -0.39 is 9.84 Å². The molecule has 0 spiro atoms. The lowest BCUT2D eigenvalue weighted by Crippen LogP contribution is -2.23. The van der Waals surface area contributed by atoms with Crippen molar-refractivity contribution in [3.63, 3.8) is 0 Å². The summed E-state index contributed by atoms with van der Waals surface area (Å²) in [4.78, 5) is 3.72. The number of pyridine rings is 1. The summed E-state index contributed by atoms with van der Waals surface area (Å²) in [6.45, 7) is 4.28. The Morgan fingerprint density at radius 3 is 2.74 bits per heavy atom. The van der Waals surface area contributed by atoms with E-state index in [-0.39, 0.29) is 23.4 Å². The molecule has 0 fully saturated rings. The fourth-order valence-corrected chi connectivity index (χ4v) is 2.83. The first-order valence-electron chi connectivity index (χ1n) is 6.53. The van der Waals surface area contributed by atoms with Gasteiger partial charge in [-0.05, 0) is 25.5 Å². The Labute approximate surface area is 114 Å². The average molecular weight is 288 g/mol. The second-order valence-corrected chi connectivity index (χ2v) is 6.86. The molecule has 0 aromatic carbocycles. The van der Waals surface area contributed by atoms with E-state index in [9.17, 15) is 12.8 Å². The predicted octanol–water partition coefficient (Wildman–Crippen LogP) is 2.09. The molecule has 0 amide bonds. The molecule has 1 aromatic heterocycles. The molecule has 1 atom stereocenters. The third-order valence-electron chi connectivity index (χ3n) is 3.02. The third-order valence-corrected chi connectivity index (χ3v) is 4.81. The smallest absolute Gasteiger partial charge is 0.150 e. The Balaban J connectivity index is 2.67. The molecule has 6 heteroatoms. The van der Waals surface area contributed by atoms with Crippen molar-refractivity contribution in [2.24, 2.45) is 0 Å². The molecule has 1 rings (SSSR count). The summed E-state index contributed by atoms with van der Waals surface area (Å²) in [7, 11) is -2.96. The Kier molecular flexibility index (Phi) is 6.37. The van der Waals surface area contributed by atoms with Crippen molar-refractivity contribution >= 4 is 9.84 Å². The van der Waals surface area contributed by atoms with Gasteiger partial charge in [0.2, 0.25) is 0 Å². The zero-order valence-corrected chi connectivity index (χ0v) is 12.2. The number of halogens is 1. The minimum absolute atomic E-state index is 0.151. The van der Waals surface area contributed by atoms with E-state index in [1.54, 1.807) is 19.2 Å². The minimum atomic E-state index is -2.96. The molecule has 1 N–H and O–H groups in total. The molecule has 0 saturated heterocycles. The van der Waals surface area contributed by atoms with Crippen molar-refractivity contribution in [3.8, 4) is 0 Å². The molecule has 19 heavy (non-hydrogen) atoms. The van der Waals surface area contributed by atoms with Gasteiger partial charge in [-0.1, -0.05) is 13.8 Å². The van der Waals surface area contributed by atoms with E-state index in [0.717, 1.165) is 0 Å². The van der Waals surface area contributed by atoms with Crippen LogP contribution < -0.4 is 5.32 Å². The molecule has 0 aliphatic carbocycles. The number of rotatable bonds is 8. The number of hydrogen-bond acceptors (Lipinski definition) is 4. The summed E-state index contributed by atoms with van der Waals surface area (Å²) in [6, 6.07) is 1.47. The minimum Gasteiger partial charge on any atom is -0.310 e. The quantitative estimate of drug-likeness (QED) is 0.795. The highest BCUT2D eigenvalue weighted by Crippen LogP contribution is 2.21. The molecular weight excluding hydrogens is 267 g/mol. The molecule has 0 bridgehead atoms. The monoisotopic (exact) mass is 288 g/mol. The Morgan fingerprint density at radius 1 is 1.42 bits per heavy atom. The van der Waals surface area contributed by atoms with Crippen molar-refractivity contribution in [1.82, 2.24) is 10.3 Å². The highest BCUT2D eigenvalue weighted by atomic mass is 32.2. The van der Waals surface area contributed by atoms with Gasteiger partial charge in [0, 0.05) is 23.6 Å². The van der Waals surface area contributed by atoms with Gasteiger partial charge >= 0.3 is 0 Å². The molecule has 1 unspecified atom stereocenters. The third kappa shape index (κ3) is 5.24. The van der Waals surface area contributed by atoms with Gasteiger partial charge in [0.25, 0.3) is 0 Å². The van der Waals surface area contributed by atoms with Crippen molar-refractivity contribution in [2.45, 2.75) is 32.7 Å². The molecular formula is C13H21FN2O2S. The van der Waals surface area contributed by atoms with Crippen LogP contribution in [0.1, 0.15) is 38.3 Å². The van der Waals surface area contributed by atoms with Crippen molar-refractivity contribution in [1.29, 1.82) is 0 Å². The van der Waals surface area contributed by atoms with Crippen LogP contribution in [-0.2, 0) is 9.84 Å². The fraction of sp³-hybridized carbons (Fsp3) is 0.615. The summed E-state index contributed by atoms with van der Waals surface area (Å²) >= 11 is 0. The molecule has 0 saturated carbocycles. The highest BCUT2D eigenvalue weighted by molar-refractivity contribution is 7.91. The van der Waals surface area contributed by atoms with Crippen LogP contribution >= 0.6 is 0 Å². The van der Waals surface area contributed by atoms with Crippen LogP contribution in [0.2, 0.25) is 0 Å². The standard InChI is InChI=1S/C13H21FN2O2S/c1-3-16-13(6-5-9-19(17,18)4-2)11-7-8-15-10-12(11)14/h7-8,10,13,16H,3-6,9H2,1-2H3. The topological polar surface area (TPSA) is 59.1 Å². The van der Waals surface area contributed by atoms with Gasteiger partial charge in [0.05, 0.1) is 11.9 Å². The van der Waals surface area contributed by atoms with Crippen LogP contribution in [0, 0.1) is 5.82 Å². The second kappa shape index (κ2) is 7.55. The molecule has 1 aromatic rings. The number of aromatic nitrogens is 1. The molecule has 0 aliphatic rings. The lowest BCUT2D eigenvalue weighted by atomic mass is 10.0. The largest absolute Gasteiger partial charge is 0.310 e. The predicted molar refractivity (Wildman–Crippen MR) is 74.2 cm³/mol. The molecule has 0 aliphatic heterocycles. The van der Waals surface area contributed by atoms with Gasteiger partial charge in [-0.15, -0.1) is 0 Å². The average Bonchev–Trinajstić information content (AvgIpc) is 2.38. The van der Waals surface area contributed by atoms with Gasteiger partial charge in [0.1, 0.15) is 15.7 Å². The molecule has 4 nitrogen and oxygen atoms in total. The summed E-state index contributed by atoms with van der Waals surface area (Å²) in [5.74, 6) is -0.0487. The number of nitrogens with zero attached hydrogens (tertiary/aromatic N) is 1. The molecule has 1 heterocycles. The van der Waals surface area contributed by atoms with Crippen LogP contribution in [0.25, 0.3) is 0 Å². The molecule has 0 radical (unpaired) electrons. The van der Waals surface area contributed by atoms with E-state index in [2.05, 4.69) is 10.3 Å². The summed E-state index contributed by atoms with van der Waals surface area (Å²) < 4.78 is 36.5. The zero-order chi connectivity index (χ0) is 14.3. The van der Waals surface area contributed by atoms with Crippen molar-refractivity contribution in [2.75, 3.05) is 18.1 Å². The van der Waals surface area contributed by atoms with Gasteiger partial charge in [0.15, 0.2) is 0 Å². The first kappa shape index (κ1) is 16.0. The maximum atomic E-state index is 13.7. The van der Waals surface area contributed by atoms with E-state index in [1.165, 1.54) is 6.20 Å². The zero-order valence-electron chi connectivity index (χ0n) is 11.4. The summed E-state index contributed by atoms with van der Waals surface area (Å²) in [5.41, 5.74) is 0.547. The van der Waals surface area contributed by atoms with Gasteiger partial charge in [-0.2, -0.15) is 0 Å². The van der Waals surface area contributed by atoms with Gasteiger partial charge in [-0.25, -0.2) is 12.8 Å². The Hall–Kier alpha value is -1.01. The second-order valence-electron chi connectivity index (χ2n) is 4.39. The SMILES string of the molecule is CCNC(CCCS(=O)(=O)CC)c1ccncc1F. The van der Waals surface area contributed by atoms with E-state index in [4.69, 9.17) is 0 Å².